The van der Waals surface area contributed by atoms with Gasteiger partial charge in [-0.3, -0.25) is 4.79 Å². The SMILES string of the molecule is CN(C)C(=O)NCCNC(=O)C1Cc2ccccc2N1. The molecule has 3 amide bonds. The van der Waals surface area contributed by atoms with Crippen LogP contribution in [0.5, 0.6) is 0 Å². The zero-order chi connectivity index (χ0) is 14.5. The smallest absolute Gasteiger partial charge is 0.316 e. The lowest BCUT2D eigenvalue weighted by atomic mass is 10.1. The average Bonchev–Trinajstić information content (AvgIpc) is 2.86. The van der Waals surface area contributed by atoms with E-state index in [-0.39, 0.29) is 18.0 Å². The van der Waals surface area contributed by atoms with Crippen molar-refractivity contribution in [1.29, 1.82) is 0 Å². The molecule has 1 unspecified atom stereocenters. The highest BCUT2D eigenvalue weighted by Gasteiger charge is 2.25. The van der Waals surface area contributed by atoms with Gasteiger partial charge in [0.15, 0.2) is 0 Å². The standard InChI is InChI=1S/C14H20N4O2/c1-18(2)14(20)16-8-7-15-13(19)12-9-10-5-3-4-6-11(10)17-12/h3-6,12,17H,7-9H2,1-2H3,(H,15,19)(H,16,20). The van der Waals surface area contributed by atoms with Crippen molar-refractivity contribution in [2.24, 2.45) is 0 Å². The van der Waals surface area contributed by atoms with Crippen LogP contribution in [0.25, 0.3) is 0 Å². The van der Waals surface area contributed by atoms with E-state index in [1.54, 1.807) is 14.1 Å². The first kappa shape index (κ1) is 14.2. The number of hydrogen-bond acceptors (Lipinski definition) is 3. The van der Waals surface area contributed by atoms with Gasteiger partial charge < -0.3 is 20.9 Å². The number of carbonyl (C=O) groups is 2. The molecule has 0 aliphatic carbocycles. The molecule has 1 aliphatic heterocycles. The third-order valence-corrected chi connectivity index (χ3v) is 3.19. The maximum atomic E-state index is 12.0. The van der Waals surface area contributed by atoms with E-state index in [9.17, 15) is 9.59 Å². The zero-order valence-corrected chi connectivity index (χ0v) is 11.8. The molecule has 3 N–H and O–H groups in total. The predicted molar refractivity (Wildman–Crippen MR) is 77.7 cm³/mol. The number of urea groups is 1. The first-order valence-electron chi connectivity index (χ1n) is 6.65. The number of para-hydroxylation sites is 1. The summed E-state index contributed by atoms with van der Waals surface area (Å²) in [5, 5.41) is 8.71. The molecule has 6 heteroatoms. The Hall–Kier alpha value is -2.24. The number of nitrogens with zero attached hydrogens (tertiary/aromatic N) is 1. The number of fused-ring (bicyclic) bond motifs is 1. The number of anilines is 1. The van der Waals surface area contributed by atoms with Crippen molar-refractivity contribution in [3.05, 3.63) is 29.8 Å². The molecule has 1 heterocycles. The summed E-state index contributed by atoms with van der Waals surface area (Å²) in [7, 11) is 3.35. The van der Waals surface area contributed by atoms with Gasteiger partial charge in [-0.15, -0.1) is 0 Å². The number of nitrogens with one attached hydrogen (secondary N) is 3. The van der Waals surface area contributed by atoms with Gasteiger partial charge in [0.2, 0.25) is 5.91 Å². The van der Waals surface area contributed by atoms with Crippen LogP contribution in [0, 0.1) is 0 Å². The first-order valence-corrected chi connectivity index (χ1v) is 6.65. The van der Waals surface area contributed by atoms with E-state index < -0.39 is 0 Å². The van der Waals surface area contributed by atoms with E-state index >= 15 is 0 Å². The Kier molecular flexibility index (Phi) is 4.45. The highest BCUT2D eigenvalue weighted by atomic mass is 16.2. The highest BCUT2D eigenvalue weighted by Crippen LogP contribution is 2.24. The van der Waals surface area contributed by atoms with Crippen LogP contribution in [0.3, 0.4) is 0 Å². The molecule has 6 nitrogen and oxygen atoms in total. The monoisotopic (exact) mass is 276 g/mol. The van der Waals surface area contributed by atoms with Crippen LogP contribution in [0.1, 0.15) is 5.56 Å². The molecule has 0 fully saturated rings. The number of benzene rings is 1. The van der Waals surface area contributed by atoms with Crippen LogP contribution in [0.15, 0.2) is 24.3 Å². The molecule has 1 aliphatic rings. The minimum Gasteiger partial charge on any atom is -0.373 e. The molecular weight excluding hydrogens is 256 g/mol. The van der Waals surface area contributed by atoms with Crippen molar-refractivity contribution in [2.45, 2.75) is 12.5 Å². The third-order valence-electron chi connectivity index (χ3n) is 3.19. The predicted octanol–water partition coefficient (Wildman–Crippen LogP) is 0.411. The Labute approximate surface area is 118 Å². The van der Waals surface area contributed by atoms with Crippen molar-refractivity contribution >= 4 is 17.6 Å². The topological polar surface area (TPSA) is 73.5 Å². The van der Waals surface area contributed by atoms with Gasteiger partial charge in [0.05, 0.1) is 0 Å². The van der Waals surface area contributed by atoms with Gasteiger partial charge in [-0.2, -0.15) is 0 Å². The van der Waals surface area contributed by atoms with Gasteiger partial charge in [0.25, 0.3) is 0 Å². The van der Waals surface area contributed by atoms with E-state index in [1.165, 1.54) is 4.90 Å². The van der Waals surface area contributed by atoms with Gasteiger partial charge in [-0.05, 0) is 11.6 Å². The van der Waals surface area contributed by atoms with Gasteiger partial charge >= 0.3 is 6.03 Å². The molecule has 1 atom stereocenters. The van der Waals surface area contributed by atoms with Crippen LogP contribution in [0.2, 0.25) is 0 Å². The average molecular weight is 276 g/mol. The summed E-state index contributed by atoms with van der Waals surface area (Å²) < 4.78 is 0. The second-order valence-corrected chi connectivity index (χ2v) is 4.98. The molecule has 0 saturated carbocycles. The molecule has 0 radical (unpaired) electrons. The maximum absolute atomic E-state index is 12.0. The number of rotatable bonds is 4. The minimum absolute atomic E-state index is 0.0414. The Morgan fingerprint density at radius 2 is 1.95 bits per heavy atom. The normalized spacial score (nSPS) is 16.0. The molecule has 2 rings (SSSR count). The lowest BCUT2D eigenvalue weighted by Gasteiger charge is -2.14. The number of hydrogen-bond donors (Lipinski definition) is 3. The van der Waals surface area contributed by atoms with Crippen molar-refractivity contribution in [2.75, 3.05) is 32.5 Å². The number of carbonyl (C=O) groups excluding carboxylic acids is 2. The lowest BCUT2D eigenvalue weighted by Crippen LogP contribution is -2.43. The van der Waals surface area contributed by atoms with E-state index in [1.807, 2.05) is 24.3 Å². The second kappa shape index (κ2) is 6.27. The van der Waals surface area contributed by atoms with Crippen molar-refractivity contribution in [3.63, 3.8) is 0 Å². The quantitative estimate of drug-likeness (QED) is 0.697. The Morgan fingerprint density at radius 1 is 1.25 bits per heavy atom. The van der Waals surface area contributed by atoms with Crippen LogP contribution < -0.4 is 16.0 Å². The summed E-state index contributed by atoms with van der Waals surface area (Å²) in [5.74, 6) is -0.0414. The molecule has 0 aromatic heterocycles. The Morgan fingerprint density at radius 3 is 2.65 bits per heavy atom. The van der Waals surface area contributed by atoms with E-state index in [4.69, 9.17) is 0 Å². The van der Waals surface area contributed by atoms with Gasteiger partial charge in [-0.25, -0.2) is 4.79 Å². The molecule has 0 saturated heterocycles. The Bertz CT molecular complexity index is 477. The largest absolute Gasteiger partial charge is 0.373 e. The summed E-state index contributed by atoms with van der Waals surface area (Å²) in [4.78, 5) is 24.7. The molecular formula is C14H20N4O2. The fourth-order valence-corrected chi connectivity index (χ4v) is 2.09. The summed E-state index contributed by atoms with van der Waals surface area (Å²) in [5.41, 5.74) is 2.18. The first-order chi connectivity index (χ1) is 9.58. The van der Waals surface area contributed by atoms with Gasteiger partial charge in [0.1, 0.15) is 6.04 Å². The van der Waals surface area contributed by atoms with Crippen molar-refractivity contribution in [1.82, 2.24) is 15.5 Å². The molecule has 108 valence electrons. The van der Waals surface area contributed by atoms with Crippen LogP contribution in [-0.4, -0.2) is 50.1 Å². The maximum Gasteiger partial charge on any atom is 0.316 e. The third kappa shape index (κ3) is 3.40. The molecule has 1 aromatic rings. The summed E-state index contributed by atoms with van der Waals surface area (Å²) in [6, 6.07) is 7.52. The number of amides is 3. The Balaban J connectivity index is 1.71. The van der Waals surface area contributed by atoms with E-state index in [2.05, 4.69) is 16.0 Å². The minimum atomic E-state index is -0.225. The molecule has 20 heavy (non-hydrogen) atoms. The zero-order valence-electron chi connectivity index (χ0n) is 11.8. The van der Waals surface area contributed by atoms with Gasteiger partial charge in [0, 0.05) is 39.3 Å². The van der Waals surface area contributed by atoms with Crippen molar-refractivity contribution in [3.8, 4) is 0 Å². The fourth-order valence-electron chi connectivity index (χ4n) is 2.09. The lowest BCUT2D eigenvalue weighted by molar-refractivity contribution is -0.121. The summed E-state index contributed by atoms with van der Waals surface area (Å²) in [6.45, 7) is 0.843. The second-order valence-electron chi connectivity index (χ2n) is 4.98. The van der Waals surface area contributed by atoms with E-state index in [0.29, 0.717) is 19.5 Å². The summed E-state index contributed by atoms with van der Waals surface area (Å²) in [6.07, 6.45) is 0.700. The fraction of sp³-hybridized carbons (Fsp3) is 0.429. The van der Waals surface area contributed by atoms with Crippen LogP contribution >= 0.6 is 0 Å². The van der Waals surface area contributed by atoms with Crippen LogP contribution in [0.4, 0.5) is 10.5 Å². The molecule has 0 spiro atoms. The highest BCUT2D eigenvalue weighted by molar-refractivity contribution is 5.87. The summed E-state index contributed by atoms with van der Waals surface area (Å²) >= 11 is 0. The molecule has 1 aromatic carbocycles. The van der Waals surface area contributed by atoms with Gasteiger partial charge in [-0.1, -0.05) is 18.2 Å². The van der Waals surface area contributed by atoms with Crippen molar-refractivity contribution < 1.29 is 9.59 Å². The van der Waals surface area contributed by atoms with Crippen LogP contribution in [-0.2, 0) is 11.2 Å². The van der Waals surface area contributed by atoms with E-state index in [0.717, 1.165) is 11.3 Å². The molecule has 0 bridgehead atoms.